The van der Waals surface area contributed by atoms with Crippen molar-refractivity contribution in [2.24, 2.45) is 0 Å². The Morgan fingerprint density at radius 2 is 1.74 bits per heavy atom. The van der Waals surface area contributed by atoms with Crippen molar-refractivity contribution in [3.8, 4) is 22.6 Å². The molecular weight excluding hydrogens is 288 g/mol. The second-order valence-electron chi connectivity index (χ2n) is 6.44. The van der Waals surface area contributed by atoms with Crippen LogP contribution < -0.4 is 9.47 Å². The highest BCUT2D eigenvalue weighted by atomic mass is 16.7. The van der Waals surface area contributed by atoms with Gasteiger partial charge < -0.3 is 9.47 Å². The molecule has 0 amide bonds. The summed E-state index contributed by atoms with van der Waals surface area (Å²) in [5, 5.41) is 0. The Balaban J connectivity index is 1.79. The first-order chi connectivity index (χ1) is 11.2. The average Bonchev–Trinajstić information content (AvgIpc) is 2.55. The van der Waals surface area contributed by atoms with E-state index < -0.39 is 5.79 Å². The minimum absolute atomic E-state index is 0.0660. The number of fused-ring (bicyclic) bond motifs is 2. The highest BCUT2D eigenvalue weighted by Gasteiger charge is 2.40. The second kappa shape index (κ2) is 5.41. The Kier molecular flexibility index (Phi) is 3.37. The SMILES string of the molecule is CC(=O)c1ccccc1-c1ccc2cc1OC1(CCCCC1)O2. The number of hydrogen-bond donors (Lipinski definition) is 0. The molecule has 23 heavy (non-hydrogen) atoms. The Labute approximate surface area is 136 Å². The zero-order valence-corrected chi connectivity index (χ0v) is 13.3. The van der Waals surface area contributed by atoms with E-state index in [9.17, 15) is 4.79 Å². The lowest BCUT2D eigenvalue weighted by Gasteiger charge is -2.41. The van der Waals surface area contributed by atoms with Gasteiger partial charge in [0, 0.05) is 30.0 Å². The maximum atomic E-state index is 11.9. The molecule has 0 unspecified atom stereocenters. The van der Waals surface area contributed by atoms with Crippen molar-refractivity contribution in [2.75, 3.05) is 0 Å². The van der Waals surface area contributed by atoms with Crippen LogP contribution in [0, 0.1) is 0 Å². The van der Waals surface area contributed by atoms with Gasteiger partial charge in [0.15, 0.2) is 5.78 Å². The summed E-state index contributed by atoms with van der Waals surface area (Å²) < 4.78 is 12.4. The zero-order valence-electron chi connectivity index (χ0n) is 13.3. The molecule has 1 spiro atoms. The van der Waals surface area contributed by atoms with E-state index in [1.54, 1.807) is 6.92 Å². The summed E-state index contributed by atoms with van der Waals surface area (Å²) >= 11 is 0. The van der Waals surface area contributed by atoms with Gasteiger partial charge in [0.2, 0.25) is 0 Å². The van der Waals surface area contributed by atoms with Crippen LogP contribution in [0.15, 0.2) is 42.5 Å². The molecule has 2 bridgehead atoms. The number of benzene rings is 2. The van der Waals surface area contributed by atoms with E-state index in [4.69, 9.17) is 9.47 Å². The molecule has 1 aliphatic heterocycles. The lowest BCUT2D eigenvalue weighted by molar-refractivity contribution is -0.144. The molecule has 0 radical (unpaired) electrons. The molecule has 0 N–H and O–H groups in total. The first-order valence-electron chi connectivity index (χ1n) is 8.29. The summed E-state index contributed by atoms with van der Waals surface area (Å²) in [6.45, 7) is 1.60. The summed E-state index contributed by atoms with van der Waals surface area (Å²) in [5.74, 6) is 1.23. The van der Waals surface area contributed by atoms with E-state index in [-0.39, 0.29) is 5.78 Å². The number of hydrogen-bond acceptors (Lipinski definition) is 3. The van der Waals surface area contributed by atoms with Crippen LogP contribution in [0.25, 0.3) is 11.1 Å². The maximum Gasteiger partial charge on any atom is 0.251 e. The number of Topliss-reactive ketones (excluding diaryl/α,β-unsaturated/α-hetero) is 1. The molecular formula is C20H20O3. The largest absolute Gasteiger partial charge is 0.452 e. The summed E-state index contributed by atoms with van der Waals surface area (Å²) in [4.78, 5) is 11.9. The Bertz CT molecular complexity index is 757. The molecule has 2 aromatic rings. The average molecular weight is 308 g/mol. The zero-order chi connectivity index (χ0) is 15.9. The van der Waals surface area contributed by atoms with Crippen molar-refractivity contribution in [3.05, 3.63) is 48.0 Å². The van der Waals surface area contributed by atoms with Crippen molar-refractivity contribution in [3.63, 3.8) is 0 Å². The molecule has 2 aromatic carbocycles. The highest BCUT2D eigenvalue weighted by Crippen LogP contribution is 2.45. The summed E-state index contributed by atoms with van der Waals surface area (Å²) in [6.07, 6.45) is 5.34. The number of ketones is 1. The monoisotopic (exact) mass is 308 g/mol. The summed E-state index contributed by atoms with van der Waals surface area (Å²) in [6, 6.07) is 13.6. The number of ether oxygens (including phenoxy) is 2. The van der Waals surface area contributed by atoms with E-state index in [0.29, 0.717) is 0 Å². The molecule has 1 aliphatic carbocycles. The molecule has 1 heterocycles. The molecule has 118 valence electrons. The predicted molar refractivity (Wildman–Crippen MR) is 89.0 cm³/mol. The number of rotatable bonds is 2. The lowest BCUT2D eigenvalue weighted by Crippen LogP contribution is -2.45. The Hall–Kier alpha value is -2.29. The van der Waals surface area contributed by atoms with Crippen molar-refractivity contribution in [1.82, 2.24) is 0 Å². The van der Waals surface area contributed by atoms with E-state index in [1.165, 1.54) is 6.42 Å². The van der Waals surface area contributed by atoms with Crippen molar-refractivity contribution in [1.29, 1.82) is 0 Å². The van der Waals surface area contributed by atoms with Crippen molar-refractivity contribution < 1.29 is 14.3 Å². The van der Waals surface area contributed by atoms with Crippen molar-refractivity contribution >= 4 is 5.78 Å². The van der Waals surface area contributed by atoms with E-state index in [0.717, 1.165) is 53.9 Å². The molecule has 4 rings (SSSR count). The third-order valence-corrected chi connectivity index (χ3v) is 4.76. The van der Waals surface area contributed by atoms with E-state index >= 15 is 0 Å². The molecule has 3 heteroatoms. The normalized spacial score (nSPS) is 18.1. The Morgan fingerprint density at radius 3 is 2.52 bits per heavy atom. The predicted octanol–water partition coefficient (Wildman–Crippen LogP) is 4.99. The first-order valence-corrected chi connectivity index (χ1v) is 8.29. The third-order valence-electron chi connectivity index (χ3n) is 4.76. The molecule has 3 nitrogen and oxygen atoms in total. The van der Waals surface area contributed by atoms with Gasteiger partial charge in [-0.05, 0) is 37.5 Å². The van der Waals surface area contributed by atoms with Crippen LogP contribution in [0.4, 0.5) is 0 Å². The van der Waals surface area contributed by atoms with Gasteiger partial charge in [0.25, 0.3) is 5.79 Å². The molecule has 1 fully saturated rings. The number of carbonyl (C=O) groups is 1. The third kappa shape index (κ3) is 2.50. The van der Waals surface area contributed by atoms with E-state index in [1.807, 2.05) is 42.5 Å². The first kappa shape index (κ1) is 14.3. The van der Waals surface area contributed by atoms with Gasteiger partial charge in [-0.15, -0.1) is 0 Å². The molecule has 0 saturated heterocycles. The van der Waals surface area contributed by atoms with Crippen molar-refractivity contribution in [2.45, 2.75) is 44.8 Å². The second-order valence-corrected chi connectivity index (χ2v) is 6.44. The molecule has 2 aliphatic rings. The highest BCUT2D eigenvalue weighted by molar-refractivity contribution is 6.01. The lowest BCUT2D eigenvalue weighted by atomic mass is 9.92. The standard InChI is InChI=1S/C20H20O3/c1-14(21)16-7-3-4-8-17(16)18-10-9-15-13-19(18)23-20(22-15)11-5-2-6-12-20/h3-4,7-10,13H,2,5-6,11-12H2,1H3. The fraction of sp³-hybridized carbons (Fsp3) is 0.350. The molecule has 0 aromatic heterocycles. The van der Waals surface area contributed by atoms with Gasteiger partial charge >= 0.3 is 0 Å². The van der Waals surface area contributed by atoms with Gasteiger partial charge in [0.05, 0.1) is 0 Å². The van der Waals surface area contributed by atoms with E-state index in [2.05, 4.69) is 0 Å². The van der Waals surface area contributed by atoms with Crippen LogP contribution in [-0.2, 0) is 0 Å². The van der Waals surface area contributed by atoms with Gasteiger partial charge in [-0.3, -0.25) is 4.79 Å². The van der Waals surface area contributed by atoms with Crippen LogP contribution in [-0.4, -0.2) is 11.6 Å². The maximum absolute atomic E-state index is 11.9. The van der Waals surface area contributed by atoms with Gasteiger partial charge in [-0.2, -0.15) is 0 Å². The summed E-state index contributed by atoms with van der Waals surface area (Å²) in [5.41, 5.74) is 2.62. The summed E-state index contributed by atoms with van der Waals surface area (Å²) in [7, 11) is 0. The quantitative estimate of drug-likeness (QED) is 0.733. The van der Waals surface area contributed by atoms with Crippen LogP contribution >= 0.6 is 0 Å². The fourth-order valence-corrected chi connectivity index (χ4v) is 3.63. The molecule has 0 atom stereocenters. The minimum Gasteiger partial charge on any atom is -0.452 e. The smallest absolute Gasteiger partial charge is 0.251 e. The minimum atomic E-state index is -0.515. The van der Waals surface area contributed by atoms with Crippen LogP contribution in [0.2, 0.25) is 0 Å². The van der Waals surface area contributed by atoms with Gasteiger partial charge in [-0.1, -0.05) is 30.7 Å². The Morgan fingerprint density at radius 1 is 0.957 bits per heavy atom. The fourth-order valence-electron chi connectivity index (χ4n) is 3.63. The van der Waals surface area contributed by atoms with Crippen LogP contribution in [0.5, 0.6) is 11.5 Å². The van der Waals surface area contributed by atoms with Gasteiger partial charge in [-0.25, -0.2) is 0 Å². The van der Waals surface area contributed by atoms with Gasteiger partial charge in [0.1, 0.15) is 11.5 Å². The molecule has 1 saturated carbocycles. The van der Waals surface area contributed by atoms with Crippen LogP contribution in [0.1, 0.15) is 49.4 Å². The number of carbonyl (C=O) groups excluding carboxylic acids is 1. The topological polar surface area (TPSA) is 35.5 Å². The van der Waals surface area contributed by atoms with Crippen LogP contribution in [0.3, 0.4) is 0 Å².